The van der Waals surface area contributed by atoms with Gasteiger partial charge in [0.25, 0.3) is 6.01 Å². The molecule has 6 nitrogen and oxygen atoms in total. The fraction of sp³-hybridized carbons (Fsp3) is 0.636. The standard InChI is InChI=1S/C11H15N3O3/c12-10-13-7-3-4-8-6(9(7)17-10)2-1-5-14(8)11(15)16/h6,8H,1-5H2,(H2,12,13)(H,15,16). The quantitative estimate of drug-likeness (QED) is 0.712. The second-order valence-corrected chi connectivity index (χ2v) is 4.69. The number of aryl methyl sites for hydroxylation is 1. The zero-order valence-electron chi connectivity index (χ0n) is 9.43. The molecule has 1 fully saturated rings. The number of piperidine rings is 1. The van der Waals surface area contributed by atoms with Crippen molar-refractivity contribution in [3.8, 4) is 0 Å². The van der Waals surface area contributed by atoms with Crippen molar-refractivity contribution in [2.45, 2.75) is 37.6 Å². The van der Waals surface area contributed by atoms with Crippen molar-refractivity contribution in [2.75, 3.05) is 12.3 Å². The van der Waals surface area contributed by atoms with E-state index >= 15 is 0 Å². The van der Waals surface area contributed by atoms with Crippen LogP contribution in [0.15, 0.2) is 4.42 Å². The van der Waals surface area contributed by atoms with Gasteiger partial charge in [0.05, 0.1) is 5.69 Å². The molecule has 1 aromatic heterocycles. The number of anilines is 1. The summed E-state index contributed by atoms with van der Waals surface area (Å²) in [6.45, 7) is 0.620. The fourth-order valence-electron chi connectivity index (χ4n) is 3.09. The maximum absolute atomic E-state index is 11.2. The van der Waals surface area contributed by atoms with Crippen molar-refractivity contribution in [2.24, 2.45) is 0 Å². The van der Waals surface area contributed by atoms with Gasteiger partial charge in [0.1, 0.15) is 5.76 Å². The van der Waals surface area contributed by atoms with Crippen LogP contribution in [0.5, 0.6) is 0 Å². The second-order valence-electron chi connectivity index (χ2n) is 4.69. The molecule has 1 aliphatic heterocycles. The number of carbonyl (C=O) groups is 1. The molecule has 0 bridgehead atoms. The third kappa shape index (κ3) is 1.55. The first-order valence-corrected chi connectivity index (χ1v) is 5.91. The number of likely N-dealkylation sites (tertiary alicyclic amines) is 1. The van der Waals surface area contributed by atoms with Gasteiger partial charge in [0.15, 0.2) is 0 Å². The van der Waals surface area contributed by atoms with Crippen LogP contribution in [0.3, 0.4) is 0 Å². The van der Waals surface area contributed by atoms with Gasteiger partial charge in [-0.15, -0.1) is 0 Å². The van der Waals surface area contributed by atoms with Gasteiger partial charge in [-0.1, -0.05) is 0 Å². The summed E-state index contributed by atoms with van der Waals surface area (Å²) in [5, 5.41) is 9.19. The van der Waals surface area contributed by atoms with Crippen LogP contribution in [0, 0.1) is 0 Å². The molecule has 6 heteroatoms. The Morgan fingerprint density at radius 2 is 2.35 bits per heavy atom. The lowest BCUT2D eigenvalue weighted by molar-refractivity contribution is 0.0845. The summed E-state index contributed by atoms with van der Waals surface area (Å²) in [5.74, 6) is 0.943. The van der Waals surface area contributed by atoms with Gasteiger partial charge in [-0.3, -0.25) is 0 Å². The molecule has 92 valence electrons. The molecule has 2 unspecified atom stereocenters. The largest absolute Gasteiger partial charge is 0.465 e. The SMILES string of the molecule is Nc1nc2c(o1)C1CCCN(C(=O)O)C1CC2. The Hall–Kier alpha value is -1.72. The molecular weight excluding hydrogens is 222 g/mol. The van der Waals surface area contributed by atoms with Gasteiger partial charge in [-0.05, 0) is 25.7 Å². The molecule has 0 saturated carbocycles. The van der Waals surface area contributed by atoms with Gasteiger partial charge in [0.2, 0.25) is 0 Å². The van der Waals surface area contributed by atoms with Crippen molar-refractivity contribution in [3.05, 3.63) is 11.5 Å². The van der Waals surface area contributed by atoms with E-state index in [-0.39, 0.29) is 18.0 Å². The van der Waals surface area contributed by atoms with Crippen molar-refractivity contribution < 1.29 is 14.3 Å². The molecule has 0 spiro atoms. The molecule has 3 rings (SSSR count). The number of amides is 1. The summed E-state index contributed by atoms with van der Waals surface area (Å²) in [4.78, 5) is 16.9. The summed E-state index contributed by atoms with van der Waals surface area (Å²) >= 11 is 0. The number of nitrogens with zero attached hydrogens (tertiary/aromatic N) is 2. The monoisotopic (exact) mass is 237 g/mol. The molecule has 1 saturated heterocycles. The van der Waals surface area contributed by atoms with E-state index < -0.39 is 6.09 Å². The van der Waals surface area contributed by atoms with Crippen LogP contribution in [-0.4, -0.2) is 33.7 Å². The van der Waals surface area contributed by atoms with Crippen molar-refractivity contribution in [3.63, 3.8) is 0 Å². The molecule has 17 heavy (non-hydrogen) atoms. The van der Waals surface area contributed by atoms with Gasteiger partial charge < -0.3 is 20.2 Å². The first-order valence-electron chi connectivity index (χ1n) is 5.91. The van der Waals surface area contributed by atoms with Crippen LogP contribution in [0.25, 0.3) is 0 Å². The summed E-state index contributed by atoms with van der Waals surface area (Å²) in [5.41, 5.74) is 6.48. The summed E-state index contributed by atoms with van der Waals surface area (Å²) < 4.78 is 5.45. The lowest BCUT2D eigenvalue weighted by Crippen LogP contribution is -2.48. The van der Waals surface area contributed by atoms with E-state index in [1.54, 1.807) is 0 Å². The molecule has 1 aliphatic carbocycles. The first kappa shape index (κ1) is 10.4. The average Bonchev–Trinajstić information content (AvgIpc) is 2.68. The predicted octanol–water partition coefficient (Wildman–Crippen LogP) is 1.43. The number of oxazole rings is 1. The molecule has 2 aliphatic rings. The van der Waals surface area contributed by atoms with Crippen molar-refractivity contribution >= 4 is 12.1 Å². The first-order chi connectivity index (χ1) is 8.16. The Labute approximate surface area is 98.4 Å². The molecule has 1 amide bonds. The highest BCUT2D eigenvalue weighted by molar-refractivity contribution is 5.66. The van der Waals surface area contributed by atoms with Gasteiger partial charge in [0, 0.05) is 18.5 Å². The number of nitrogens with two attached hydrogens (primary N) is 1. The van der Waals surface area contributed by atoms with E-state index in [1.165, 1.54) is 4.90 Å². The highest BCUT2D eigenvalue weighted by Gasteiger charge is 2.41. The van der Waals surface area contributed by atoms with Crippen LogP contribution in [-0.2, 0) is 6.42 Å². The zero-order chi connectivity index (χ0) is 12.0. The van der Waals surface area contributed by atoms with Crippen molar-refractivity contribution in [1.82, 2.24) is 9.88 Å². The number of aromatic nitrogens is 1. The third-order valence-electron chi connectivity index (χ3n) is 3.78. The molecule has 3 N–H and O–H groups in total. The molecule has 2 atom stereocenters. The molecule has 0 radical (unpaired) electrons. The fourth-order valence-corrected chi connectivity index (χ4v) is 3.09. The highest BCUT2D eigenvalue weighted by atomic mass is 16.4. The van der Waals surface area contributed by atoms with E-state index in [0.717, 1.165) is 37.1 Å². The highest BCUT2D eigenvalue weighted by Crippen LogP contribution is 2.41. The van der Waals surface area contributed by atoms with Crippen LogP contribution in [0.4, 0.5) is 10.8 Å². The van der Waals surface area contributed by atoms with E-state index in [0.29, 0.717) is 6.54 Å². The lowest BCUT2D eigenvalue weighted by Gasteiger charge is -2.41. The van der Waals surface area contributed by atoms with Gasteiger partial charge >= 0.3 is 6.09 Å². The van der Waals surface area contributed by atoms with Crippen LogP contribution >= 0.6 is 0 Å². The second kappa shape index (κ2) is 3.65. The Morgan fingerprint density at radius 1 is 1.53 bits per heavy atom. The number of carboxylic acid groups (broad SMARTS) is 1. The number of fused-ring (bicyclic) bond motifs is 3. The van der Waals surface area contributed by atoms with Crippen molar-refractivity contribution in [1.29, 1.82) is 0 Å². The third-order valence-corrected chi connectivity index (χ3v) is 3.78. The normalized spacial score (nSPS) is 27.4. The van der Waals surface area contributed by atoms with Gasteiger partial charge in [-0.25, -0.2) is 4.79 Å². The Kier molecular flexibility index (Phi) is 2.24. The van der Waals surface area contributed by atoms with E-state index in [2.05, 4.69) is 4.98 Å². The summed E-state index contributed by atoms with van der Waals surface area (Å²) in [7, 11) is 0. The topological polar surface area (TPSA) is 92.6 Å². The van der Waals surface area contributed by atoms with E-state index in [9.17, 15) is 9.90 Å². The predicted molar refractivity (Wildman–Crippen MR) is 59.7 cm³/mol. The van der Waals surface area contributed by atoms with Crippen LogP contribution < -0.4 is 5.73 Å². The number of rotatable bonds is 0. The zero-order valence-corrected chi connectivity index (χ0v) is 9.43. The minimum Gasteiger partial charge on any atom is -0.465 e. The minimum absolute atomic E-state index is 0.0288. The Balaban J connectivity index is 1.95. The number of nitrogen functional groups attached to an aromatic ring is 1. The van der Waals surface area contributed by atoms with E-state index in [4.69, 9.17) is 10.2 Å². The molecule has 0 aromatic carbocycles. The smallest absolute Gasteiger partial charge is 0.407 e. The molecular formula is C11H15N3O3. The van der Waals surface area contributed by atoms with Crippen LogP contribution in [0.2, 0.25) is 0 Å². The number of hydrogen-bond donors (Lipinski definition) is 2. The summed E-state index contributed by atoms with van der Waals surface area (Å²) in [6.07, 6.45) is 2.55. The lowest BCUT2D eigenvalue weighted by atomic mass is 9.79. The number of hydrogen-bond acceptors (Lipinski definition) is 4. The Bertz CT molecular complexity index is 457. The average molecular weight is 237 g/mol. The maximum atomic E-state index is 11.2. The molecule has 2 heterocycles. The van der Waals surface area contributed by atoms with Crippen LogP contribution in [0.1, 0.15) is 36.6 Å². The van der Waals surface area contributed by atoms with Gasteiger partial charge in [-0.2, -0.15) is 4.98 Å². The maximum Gasteiger partial charge on any atom is 0.407 e. The Morgan fingerprint density at radius 3 is 3.12 bits per heavy atom. The summed E-state index contributed by atoms with van der Waals surface area (Å²) in [6, 6.07) is 0.226. The minimum atomic E-state index is -0.837. The van der Waals surface area contributed by atoms with E-state index in [1.807, 2.05) is 0 Å². The molecule has 1 aromatic rings.